The van der Waals surface area contributed by atoms with Crippen LogP contribution in [-0.2, 0) is 11.2 Å². The van der Waals surface area contributed by atoms with Crippen LogP contribution < -0.4 is 5.32 Å². The first-order valence-electron chi connectivity index (χ1n) is 5.25. The first-order valence-corrected chi connectivity index (χ1v) is 5.25. The average Bonchev–Trinajstić information content (AvgIpc) is 2.27. The van der Waals surface area contributed by atoms with Crippen LogP contribution in [0.4, 0.5) is 5.69 Å². The molecule has 2 rings (SSSR count). The van der Waals surface area contributed by atoms with Crippen LogP contribution in [0, 0.1) is 0 Å². The SMILES string of the molecule is CC(CO)c1cccc2c1NC(=O)CC2. The Balaban J connectivity index is 2.43. The van der Waals surface area contributed by atoms with Crippen LogP contribution in [-0.4, -0.2) is 17.6 Å². The number of aliphatic hydroxyl groups excluding tert-OH is 1. The standard InChI is InChI=1S/C12H15NO2/c1-8(7-14)10-4-2-3-9-5-6-11(15)13-12(9)10/h2-4,8,14H,5-7H2,1H3,(H,13,15). The molecule has 80 valence electrons. The van der Waals surface area contributed by atoms with Crippen molar-refractivity contribution in [2.45, 2.75) is 25.7 Å². The van der Waals surface area contributed by atoms with Crippen LogP contribution in [0.15, 0.2) is 18.2 Å². The molecule has 1 aromatic carbocycles. The molecule has 1 aromatic rings. The van der Waals surface area contributed by atoms with E-state index in [1.54, 1.807) is 0 Å². The Hall–Kier alpha value is -1.35. The summed E-state index contributed by atoms with van der Waals surface area (Å²) in [6, 6.07) is 5.98. The summed E-state index contributed by atoms with van der Waals surface area (Å²) in [6.07, 6.45) is 1.36. The number of rotatable bonds is 2. The molecule has 3 nitrogen and oxygen atoms in total. The molecule has 0 saturated heterocycles. The van der Waals surface area contributed by atoms with Gasteiger partial charge >= 0.3 is 0 Å². The van der Waals surface area contributed by atoms with Gasteiger partial charge in [0.2, 0.25) is 5.91 Å². The predicted molar refractivity (Wildman–Crippen MR) is 58.9 cm³/mol. The summed E-state index contributed by atoms with van der Waals surface area (Å²) in [4.78, 5) is 11.3. The fraction of sp³-hybridized carbons (Fsp3) is 0.417. The molecule has 3 heteroatoms. The van der Waals surface area contributed by atoms with Crippen LogP contribution in [0.1, 0.15) is 30.4 Å². The zero-order valence-electron chi connectivity index (χ0n) is 8.79. The maximum absolute atomic E-state index is 11.3. The summed E-state index contributed by atoms with van der Waals surface area (Å²) in [7, 11) is 0. The lowest BCUT2D eigenvalue weighted by Crippen LogP contribution is -2.21. The van der Waals surface area contributed by atoms with Gasteiger partial charge < -0.3 is 10.4 Å². The van der Waals surface area contributed by atoms with Crippen molar-refractivity contribution in [2.75, 3.05) is 11.9 Å². The van der Waals surface area contributed by atoms with E-state index < -0.39 is 0 Å². The molecule has 0 aliphatic carbocycles. The van der Waals surface area contributed by atoms with Gasteiger partial charge in [-0.25, -0.2) is 0 Å². The third kappa shape index (κ3) is 1.88. The van der Waals surface area contributed by atoms with Gasteiger partial charge in [0, 0.05) is 24.6 Å². The van der Waals surface area contributed by atoms with E-state index in [0.29, 0.717) is 6.42 Å². The maximum atomic E-state index is 11.3. The second-order valence-corrected chi connectivity index (χ2v) is 4.01. The van der Waals surface area contributed by atoms with Crippen molar-refractivity contribution in [3.8, 4) is 0 Å². The van der Waals surface area contributed by atoms with Gasteiger partial charge in [0.15, 0.2) is 0 Å². The number of hydrogen-bond donors (Lipinski definition) is 2. The van der Waals surface area contributed by atoms with E-state index in [-0.39, 0.29) is 18.4 Å². The number of nitrogens with one attached hydrogen (secondary N) is 1. The third-order valence-corrected chi connectivity index (χ3v) is 2.87. The molecule has 1 heterocycles. The molecule has 0 aromatic heterocycles. The van der Waals surface area contributed by atoms with Crippen LogP contribution >= 0.6 is 0 Å². The molecule has 1 aliphatic rings. The minimum atomic E-state index is 0.0679. The first kappa shape index (κ1) is 10.2. The summed E-state index contributed by atoms with van der Waals surface area (Å²) in [5.41, 5.74) is 3.12. The van der Waals surface area contributed by atoms with Gasteiger partial charge in [-0.15, -0.1) is 0 Å². The number of anilines is 1. The van der Waals surface area contributed by atoms with E-state index in [0.717, 1.165) is 17.7 Å². The van der Waals surface area contributed by atoms with Gasteiger partial charge in [0.25, 0.3) is 0 Å². The second-order valence-electron chi connectivity index (χ2n) is 4.01. The fourth-order valence-electron chi connectivity index (χ4n) is 1.94. The van der Waals surface area contributed by atoms with E-state index in [9.17, 15) is 4.79 Å². The number of aliphatic hydroxyl groups is 1. The topological polar surface area (TPSA) is 49.3 Å². The van der Waals surface area contributed by atoms with E-state index in [2.05, 4.69) is 5.32 Å². The smallest absolute Gasteiger partial charge is 0.224 e. The molecule has 0 bridgehead atoms. The van der Waals surface area contributed by atoms with Gasteiger partial charge in [0.1, 0.15) is 0 Å². The van der Waals surface area contributed by atoms with Gasteiger partial charge in [0.05, 0.1) is 0 Å². The van der Waals surface area contributed by atoms with Crippen molar-refractivity contribution < 1.29 is 9.90 Å². The summed E-state index contributed by atoms with van der Waals surface area (Å²) in [5, 5.41) is 12.0. The molecular weight excluding hydrogens is 190 g/mol. The molecule has 1 aliphatic heterocycles. The highest BCUT2D eigenvalue weighted by atomic mass is 16.3. The lowest BCUT2D eigenvalue weighted by molar-refractivity contribution is -0.116. The molecule has 0 spiro atoms. The van der Waals surface area contributed by atoms with Crippen LogP contribution in [0.2, 0.25) is 0 Å². The van der Waals surface area contributed by atoms with Crippen molar-refractivity contribution in [1.29, 1.82) is 0 Å². The highest BCUT2D eigenvalue weighted by Gasteiger charge is 2.19. The molecule has 0 fully saturated rings. The van der Waals surface area contributed by atoms with Gasteiger partial charge in [-0.1, -0.05) is 25.1 Å². The summed E-state index contributed by atoms with van der Waals surface area (Å²) in [5.74, 6) is 0.137. The predicted octanol–water partition coefficient (Wildman–Crippen LogP) is 1.67. The Morgan fingerprint density at radius 3 is 3.00 bits per heavy atom. The van der Waals surface area contributed by atoms with Crippen LogP contribution in [0.3, 0.4) is 0 Å². The fourth-order valence-corrected chi connectivity index (χ4v) is 1.94. The number of carbonyl (C=O) groups excluding carboxylic acids is 1. The Kier molecular flexibility index (Phi) is 2.73. The van der Waals surface area contributed by atoms with Crippen molar-refractivity contribution in [3.63, 3.8) is 0 Å². The minimum Gasteiger partial charge on any atom is -0.396 e. The lowest BCUT2D eigenvalue weighted by atomic mass is 9.93. The zero-order chi connectivity index (χ0) is 10.8. The Morgan fingerprint density at radius 2 is 2.27 bits per heavy atom. The van der Waals surface area contributed by atoms with Crippen molar-refractivity contribution in [2.24, 2.45) is 0 Å². The van der Waals surface area contributed by atoms with E-state index in [1.807, 2.05) is 25.1 Å². The van der Waals surface area contributed by atoms with Crippen molar-refractivity contribution in [3.05, 3.63) is 29.3 Å². The number of benzene rings is 1. The highest BCUT2D eigenvalue weighted by Crippen LogP contribution is 2.31. The quantitative estimate of drug-likeness (QED) is 0.771. The molecule has 2 N–H and O–H groups in total. The normalized spacial score (nSPS) is 16.8. The van der Waals surface area contributed by atoms with E-state index in [1.165, 1.54) is 5.56 Å². The minimum absolute atomic E-state index is 0.0679. The number of carbonyl (C=O) groups is 1. The maximum Gasteiger partial charge on any atom is 0.224 e. The van der Waals surface area contributed by atoms with Crippen LogP contribution in [0.25, 0.3) is 0 Å². The zero-order valence-corrected chi connectivity index (χ0v) is 8.79. The monoisotopic (exact) mass is 205 g/mol. The molecule has 15 heavy (non-hydrogen) atoms. The van der Waals surface area contributed by atoms with Crippen molar-refractivity contribution >= 4 is 11.6 Å². The number of para-hydroxylation sites is 1. The number of amides is 1. The summed E-state index contributed by atoms with van der Waals surface area (Å²) in [6.45, 7) is 2.06. The van der Waals surface area contributed by atoms with Gasteiger partial charge in [-0.05, 0) is 17.5 Å². The molecule has 1 unspecified atom stereocenters. The molecule has 1 atom stereocenters. The Labute approximate surface area is 89.1 Å². The largest absolute Gasteiger partial charge is 0.396 e. The second kappa shape index (κ2) is 4.03. The molecule has 0 radical (unpaired) electrons. The molecule has 0 saturated carbocycles. The van der Waals surface area contributed by atoms with E-state index in [4.69, 9.17) is 5.11 Å². The highest BCUT2D eigenvalue weighted by molar-refractivity contribution is 5.94. The number of hydrogen-bond acceptors (Lipinski definition) is 2. The Bertz CT molecular complexity index is 387. The van der Waals surface area contributed by atoms with Crippen LogP contribution in [0.5, 0.6) is 0 Å². The number of fused-ring (bicyclic) bond motifs is 1. The van der Waals surface area contributed by atoms with Gasteiger partial charge in [-0.2, -0.15) is 0 Å². The molecule has 1 amide bonds. The van der Waals surface area contributed by atoms with Gasteiger partial charge in [-0.3, -0.25) is 4.79 Å². The third-order valence-electron chi connectivity index (χ3n) is 2.87. The Morgan fingerprint density at radius 1 is 1.47 bits per heavy atom. The first-order chi connectivity index (χ1) is 7.22. The summed E-state index contributed by atoms with van der Waals surface area (Å²) >= 11 is 0. The average molecular weight is 205 g/mol. The molecular formula is C12H15NO2. The van der Waals surface area contributed by atoms with E-state index >= 15 is 0 Å². The number of aryl methyl sites for hydroxylation is 1. The lowest BCUT2D eigenvalue weighted by Gasteiger charge is -2.22. The van der Waals surface area contributed by atoms with Crippen molar-refractivity contribution in [1.82, 2.24) is 0 Å². The summed E-state index contributed by atoms with van der Waals surface area (Å²) < 4.78 is 0.